The molecule has 0 saturated carbocycles. The highest BCUT2D eigenvalue weighted by atomic mass is 16.5. The van der Waals surface area contributed by atoms with E-state index >= 15 is 0 Å². The number of amides is 1. The van der Waals surface area contributed by atoms with Gasteiger partial charge in [0.25, 0.3) is 5.91 Å². The van der Waals surface area contributed by atoms with Gasteiger partial charge in [-0.2, -0.15) is 4.99 Å². The third-order valence-electron chi connectivity index (χ3n) is 2.80. The molecule has 0 saturated heterocycles. The number of carbonyl (C=O) groups is 1. The molecule has 0 radical (unpaired) electrons. The number of rotatable bonds is 2. The lowest BCUT2D eigenvalue weighted by molar-refractivity contribution is -0.118. The van der Waals surface area contributed by atoms with E-state index in [9.17, 15) is 4.79 Å². The Morgan fingerprint density at radius 3 is 2.06 bits per heavy atom. The van der Waals surface area contributed by atoms with Gasteiger partial charge < -0.3 is 4.74 Å². The molecule has 18 heavy (non-hydrogen) atoms. The summed E-state index contributed by atoms with van der Waals surface area (Å²) in [6.07, 6.45) is 0. The third-order valence-corrected chi connectivity index (χ3v) is 2.80. The average Bonchev–Trinajstić information content (AvgIpc) is 2.87. The van der Waals surface area contributed by atoms with Gasteiger partial charge >= 0.3 is 0 Å². The Labute approximate surface area is 105 Å². The van der Waals surface area contributed by atoms with Crippen molar-refractivity contribution in [2.45, 2.75) is 0 Å². The van der Waals surface area contributed by atoms with E-state index in [0.717, 1.165) is 16.7 Å². The first-order chi connectivity index (χ1) is 8.83. The van der Waals surface area contributed by atoms with Crippen molar-refractivity contribution < 1.29 is 9.53 Å². The summed E-state index contributed by atoms with van der Waals surface area (Å²) in [5.41, 5.74) is 3.12. The van der Waals surface area contributed by atoms with Gasteiger partial charge in [0.05, 0.1) is 0 Å². The maximum Gasteiger partial charge on any atom is 0.286 e. The van der Waals surface area contributed by atoms with Crippen LogP contribution in [0.15, 0.2) is 59.6 Å². The van der Waals surface area contributed by atoms with Gasteiger partial charge in [-0.1, -0.05) is 42.5 Å². The third kappa shape index (κ3) is 2.02. The molecule has 0 fully saturated rings. The van der Waals surface area contributed by atoms with E-state index < -0.39 is 0 Å². The molecule has 0 spiro atoms. The molecule has 2 aromatic rings. The minimum absolute atomic E-state index is 0.0514. The first-order valence-corrected chi connectivity index (χ1v) is 5.73. The van der Waals surface area contributed by atoms with Gasteiger partial charge in [0.15, 0.2) is 6.61 Å². The number of hydrogen-bond acceptors (Lipinski definition) is 2. The molecule has 3 nitrogen and oxygen atoms in total. The van der Waals surface area contributed by atoms with Crippen LogP contribution in [0.4, 0.5) is 0 Å². The smallest absolute Gasteiger partial charge is 0.286 e. The summed E-state index contributed by atoms with van der Waals surface area (Å²) in [4.78, 5) is 14.8. The van der Waals surface area contributed by atoms with Crippen molar-refractivity contribution in [2.75, 3.05) is 6.61 Å². The van der Waals surface area contributed by atoms with Crippen LogP contribution in [0, 0.1) is 0 Å². The van der Waals surface area contributed by atoms with Crippen molar-refractivity contribution in [3.63, 3.8) is 0 Å². The lowest BCUT2D eigenvalue weighted by Crippen LogP contribution is -2.00. The first kappa shape index (κ1) is 10.7. The zero-order chi connectivity index (χ0) is 12.4. The summed E-state index contributed by atoms with van der Waals surface area (Å²) < 4.78 is 5.20. The van der Waals surface area contributed by atoms with Crippen LogP contribution in [-0.2, 0) is 9.53 Å². The quantitative estimate of drug-likeness (QED) is 0.805. The molecule has 0 bridgehead atoms. The van der Waals surface area contributed by atoms with Crippen molar-refractivity contribution >= 4 is 11.8 Å². The summed E-state index contributed by atoms with van der Waals surface area (Å²) in [5.74, 6) is 0.191. The second-order valence-corrected chi connectivity index (χ2v) is 4.04. The van der Waals surface area contributed by atoms with Crippen LogP contribution in [0.2, 0.25) is 0 Å². The molecule has 0 unspecified atom stereocenters. The lowest BCUT2D eigenvalue weighted by atomic mass is 10.0. The Morgan fingerprint density at radius 2 is 1.44 bits per heavy atom. The van der Waals surface area contributed by atoms with Gasteiger partial charge in [-0.15, -0.1) is 0 Å². The van der Waals surface area contributed by atoms with Gasteiger partial charge in [0.1, 0.15) is 0 Å². The van der Waals surface area contributed by atoms with Crippen LogP contribution in [-0.4, -0.2) is 18.4 Å². The fourth-order valence-electron chi connectivity index (χ4n) is 1.89. The molecule has 1 aliphatic heterocycles. The van der Waals surface area contributed by atoms with Crippen molar-refractivity contribution in [3.05, 3.63) is 60.2 Å². The molecule has 0 aromatic heterocycles. The SMILES string of the molecule is O=C1COC(c2ccc(-c3ccccc3)cc2)=N1. The number of ether oxygens (including phenoxy) is 1. The molecule has 0 atom stereocenters. The minimum atomic E-state index is -0.225. The van der Waals surface area contributed by atoms with Crippen LogP contribution in [0.3, 0.4) is 0 Å². The number of aliphatic imine (C=N–C) groups is 1. The van der Waals surface area contributed by atoms with Gasteiger partial charge in [0.2, 0.25) is 5.90 Å². The van der Waals surface area contributed by atoms with E-state index in [1.807, 2.05) is 42.5 Å². The Balaban J connectivity index is 1.90. The predicted octanol–water partition coefficient (Wildman–Crippen LogP) is 2.66. The van der Waals surface area contributed by atoms with Crippen molar-refractivity contribution in [3.8, 4) is 11.1 Å². The van der Waals surface area contributed by atoms with E-state index in [2.05, 4.69) is 17.1 Å². The number of benzene rings is 2. The van der Waals surface area contributed by atoms with Crippen molar-refractivity contribution in [2.24, 2.45) is 4.99 Å². The van der Waals surface area contributed by atoms with Crippen molar-refractivity contribution in [1.29, 1.82) is 0 Å². The maximum atomic E-state index is 11.0. The zero-order valence-electron chi connectivity index (χ0n) is 9.67. The van der Waals surface area contributed by atoms with E-state index in [1.165, 1.54) is 0 Å². The molecular formula is C15H11NO2. The Hall–Kier alpha value is -2.42. The van der Waals surface area contributed by atoms with E-state index in [0.29, 0.717) is 5.90 Å². The summed E-state index contributed by atoms with van der Waals surface area (Å²) >= 11 is 0. The van der Waals surface area contributed by atoms with Gasteiger partial charge in [0, 0.05) is 5.56 Å². The molecule has 1 amide bonds. The van der Waals surface area contributed by atoms with Crippen LogP contribution in [0.1, 0.15) is 5.56 Å². The second-order valence-electron chi connectivity index (χ2n) is 4.04. The molecule has 2 aromatic carbocycles. The second kappa shape index (κ2) is 4.45. The van der Waals surface area contributed by atoms with Crippen LogP contribution in [0.5, 0.6) is 0 Å². The highest BCUT2D eigenvalue weighted by Gasteiger charge is 2.16. The highest BCUT2D eigenvalue weighted by Crippen LogP contribution is 2.20. The van der Waals surface area contributed by atoms with Crippen LogP contribution in [0.25, 0.3) is 11.1 Å². The average molecular weight is 237 g/mol. The monoisotopic (exact) mass is 237 g/mol. The topological polar surface area (TPSA) is 38.7 Å². The maximum absolute atomic E-state index is 11.0. The number of hydrogen-bond donors (Lipinski definition) is 0. The summed E-state index contributed by atoms with van der Waals surface area (Å²) in [6.45, 7) is 0.0514. The van der Waals surface area contributed by atoms with Gasteiger partial charge in [-0.05, 0) is 23.3 Å². The van der Waals surface area contributed by atoms with Gasteiger partial charge in [-0.3, -0.25) is 4.79 Å². The molecule has 1 heterocycles. The molecule has 0 aliphatic carbocycles. The van der Waals surface area contributed by atoms with E-state index in [-0.39, 0.29) is 12.5 Å². The molecule has 1 aliphatic rings. The predicted molar refractivity (Wildman–Crippen MR) is 69.4 cm³/mol. The molecular weight excluding hydrogens is 226 g/mol. The summed E-state index contributed by atoms with van der Waals surface area (Å²) in [6, 6.07) is 17.9. The molecule has 88 valence electrons. The molecule has 3 heteroatoms. The van der Waals surface area contributed by atoms with Crippen LogP contribution >= 0.6 is 0 Å². The van der Waals surface area contributed by atoms with E-state index in [4.69, 9.17) is 4.74 Å². The van der Waals surface area contributed by atoms with Crippen molar-refractivity contribution in [1.82, 2.24) is 0 Å². The summed E-state index contributed by atoms with van der Waals surface area (Å²) in [7, 11) is 0. The Kier molecular flexibility index (Phi) is 2.65. The fraction of sp³-hybridized carbons (Fsp3) is 0.0667. The Bertz CT molecular complexity index is 600. The fourth-order valence-corrected chi connectivity index (χ4v) is 1.89. The Morgan fingerprint density at radius 1 is 0.833 bits per heavy atom. The number of carbonyl (C=O) groups excluding carboxylic acids is 1. The minimum Gasteiger partial charge on any atom is -0.467 e. The largest absolute Gasteiger partial charge is 0.467 e. The van der Waals surface area contributed by atoms with E-state index in [1.54, 1.807) is 0 Å². The zero-order valence-corrected chi connectivity index (χ0v) is 9.67. The molecule has 0 N–H and O–H groups in total. The standard InChI is InChI=1S/C15H11NO2/c17-14-10-18-15(16-14)13-8-6-12(7-9-13)11-4-2-1-3-5-11/h1-9H,10H2. The van der Waals surface area contributed by atoms with Crippen LogP contribution < -0.4 is 0 Å². The van der Waals surface area contributed by atoms with Gasteiger partial charge in [-0.25, -0.2) is 0 Å². The highest BCUT2D eigenvalue weighted by molar-refractivity contribution is 6.06. The molecule has 3 rings (SSSR count). The summed E-state index contributed by atoms with van der Waals surface area (Å²) in [5, 5.41) is 0. The lowest BCUT2D eigenvalue weighted by Gasteiger charge is -2.04. The number of nitrogens with zero attached hydrogens (tertiary/aromatic N) is 1. The normalized spacial score (nSPS) is 14.2. The first-order valence-electron chi connectivity index (χ1n) is 5.73.